The Bertz CT molecular complexity index is 420. The van der Waals surface area contributed by atoms with Crippen LogP contribution in [-0.2, 0) is 9.53 Å². The van der Waals surface area contributed by atoms with Gasteiger partial charge in [0, 0.05) is 0 Å². The van der Waals surface area contributed by atoms with Gasteiger partial charge in [0.1, 0.15) is 0 Å². The maximum absolute atomic E-state index is 11.7. The van der Waals surface area contributed by atoms with E-state index in [9.17, 15) is 9.59 Å². The van der Waals surface area contributed by atoms with Gasteiger partial charge in [-0.1, -0.05) is 35.0 Å². The first-order valence-corrected chi connectivity index (χ1v) is 6.14. The van der Waals surface area contributed by atoms with E-state index in [0.29, 0.717) is 17.7 Å². The van der Waals surface area contributed by atoms with Gasteiger partial charge in [0.05, 0.1) is 23.2 Å². The maximum Gasteiger partial charge on any atom is 0.339 e. The van der Waals surface area contributed by atoms with Gasteiger partial charge in [-0.05, 0) is 18.6 Å². The average Bonchev–Trinajstić information content (AvgIpc) is 2.37. The topological polar surface area (TPSA) is 55.4 Å². The predicted octanol–water partition coefficient (Wildman–Crippen LogP) is 2.59. The first-order valence-electron chi connectivity index (χ1n) is 5.22. The molecule has 92 valence electrons. The summed E-state index contributed by atoms with van der Waals surface area (Å²) in [5.41, 5.74) is 0.807. The molecule has 0 spiro atoms. The lowest BCUT2D eigenvalue weighted by Gasteiger charge is -2.11. The molecule has 17 heavy (non-hydrogen) atoms. The van der Waals surface area contributed by atoms with Crippen molar-refractivity contribution in [2.75, 3.05) is 12.4 Å². The number of methoxy groups -OCH3 is 1. The molecule has 4 nitrogen and oxygen atoms in total. The summed E-state index contributed by atoms with van der Waals surface area (Å²) in [6.07, 6.45) is 0.673. The molecule has 0 saturated heterocycles. The molecule has 0 aliphatic heterocycles. The number of para-hydroxylation sites is 1. The van der Waals surface area contributed by atoms with Crippen molar-refractivity contribution in [1.29, 1.82) is 0 Å². The lowest BCUT2D eigenvalue weighted by atomic mass is 10.1. The van der Waals surface area contributed by atoms with Gasteiger partial charge in [-0.3, -0.25) is 4.79 Å². The van der Waals surface area contributed by atoms with Crippen molar-refractivity contribution < 1.29 is 14.3 Å². The molecule has 1 amide bonds. The Kier molecular flexibility index (Phi) is 5.15. The zero-order valence-corrected chi connectivity index (χ0v) is 11.3. The van der Waals surface area contributed by atoms with E-state index in [2.05, 4.69) is 26.0 Å². The highest BCUT2D eigenvalue weighted by Gasteiger charge is 2.16. The number of amides is 1. The lowest BCUT2D eigenvalue weighted by molar-refractivity contribution is -0.115. The Hall–Kier alpha value is -1.36. The Morgan fingerprint density at radius 1 is 1.41 bits per heavy atom. The Morgan fingerprint density at radius 2 is 2.06 bits per heavy atom. The average molecular weight is 300 g/mol. The van der Waals surface area contributed by atoms with Crippen molar-refractivity contribution in [3.63, 3.8) is 0 Å². The van der Waals surface area contributed by atoms with Gasteiger partial charge in [0.25, 0.3) is 0 Å². The van der Waals surface area contributed by atoms with E-state index in [4.69, 9.17) is 0 Å². The molecule has 1 atom stereocenters. The number of carbonyl (C=O) groups is 2. The molecule has 0 aliphatic rings. The van der Waals surface area contributed by atoms with E-state index in [1.54, 1.807) is 24.3 Å². The van der Waals surface area contributed by atoms with Crippen LogP contribution in [0.2, 0.25) is 0 Å². The fourth-order valence-electron chi connectivity index (χ4n) is 1.28. The summed E-state index contributed by atoms with van der Waals surface area (Å²) in [4.78, 5) is 22.9. The Labute approximate surface area is 108 Å². The van der Waals surface area contributed by atoms with E-state index in [1.807, 2.05) is 6.92 Å². The largest absolute Gasteiger partial charge is 0.465 e. The second-order valence-corrected chi connectivity index (χ2v) is 4.51. The molecule has 0 fully saturated rings. The highest BCUT2D eigenvalue weighted by atomic mass is 79.9. The molecule has 1 rings (SSSR count). The molecule has 0 unspecified atom stereocenters. The van der Waals surface area contributed by atoms with Crippen molar-refractivity contribution in [2.45, 2.75) is 18.2 Å². The third kappa shape index (κ3) is 3.56. The summed E-state index contributed by atoms with van der Waals surface area (Å²) in [5.74, 6) is -0.646. The number of hydrogen-bond donors (Lipinski definition) is 1. The van der Waals surface area contributed by atoms with Crippen LogP contribution in [0.25, 0.3) is 0 Å². The highest BCUT2D eigenvalue weighted by Crippen LogP contribution is 2.17. The normalized spacial score (nSPS) is 11.7. The quantitative estimate of drug-likeness (QED) is 0.687. The second-order valence-electron chi connectivity index (χ2n) is 3.40. The van der Waals surface area contributed by atoms with E-state index >= 15 is 0 Å². The second kappa shape index (κ2) is 6.39. The Morgan fingerprint density at radius 3 is 2.65 bits per heavy atom. The molecular weight excluding hydrogens is 286 g/mol. The van der Waals surface area contributed by atoms with Crippen LogP contribution in [0.5, 0.6) is 0 Å². The zero-order valence-electron chi connectivity index (χ0n) is 9.70. The van der Waals surface area contributed by atoms with Crippen molar-refractivity contribution >= 4 is 33.5 Å². The molecule has 5 heteroatoms. The fourth-order valence-corrected chi connectivity index (χ4v) is 1.39. The van der Waals surface area contributed by atoms with Crippen LogP contribution >= 0.6 is 15.9 Å². The molecule has 1 N–H and O–H groups in total. The molecule has 0 aliphatic carbocycles. The molecule has 0 heterocycles. The molecule has 0 saturated carbocycles. The number of rotatable bonds is 4. The first kappa shape index (κ1) is 13.7. The van der Waals surface area contributed by atoms with Gasteiger partial charge in [-0.2, -0.15) is 0 Å². The molecule has 0 bridgehead atoms. The van der Waals surface area contributed by atoms with Crippen LogP contribution in [0.15, 0.2) is 24.3 Å². The van der Waals surface area contributed by atoms with Crippen molar-refractivity contribution in [3.8, 4) is 0 Å². The van der Waals surface area contributed by atoms with Crippen LogP contribution in [0.4, 0.5) is 5.69 Å². The van der Waals surface area contributed by atoms with Crippen molar-refractivity contribution in [2.24, 2.45) is 0 Å². The molecule has 0 aromatic heterocycles. The van der Waals surface area contributed by atoms with E-state index in [0.717, 1.165) is 0 Å². The van der Waals surface area contributed by atoms with Crippen molar-refractivity contribution in [3.05, 3.63) is 29.8 Å². The minimum Gasteiger partial charge on any atom is -0.465 e. The highest BCUT2D eigenvalue weighted by molar-refractivity contribution is 9.10. The summed E-state index contributed by atoms with van der Waals surface area (Å²) in [6, 6.07) is 6.74. The third-order valence-corrected chi connectivity index (χ3v) is 3.30. The Balaban J connectivity index is 2.91. The standard InChI is InChI=1S/C12H14BrNO3/c1-3-9(13)11(15)14-10-7-5-4-6-8(10)12(16)17-2/h4-7,9H,3H2,1-2H3,(H,14,15)/t9-/m1/s1. The smallest absolute Gasteiger partial charge is 0.339 e. The van der Waals surface area contributed by atoms with Crippen LogP contribution in [0, 0.1) is 0 Å². The van der Waals surface area contributed by atoms with E-state index in [-0.39, 0.29) is 10.7 Å². The minimum absolute atomic E-state index is 0.177. The fraction of sp³-hybridized carbons (Fsp3) is 0.333. The SMILES string of the molecule is CC[C@@H](Br)C(=O)Nc1ccccc1C(=O)OC. The summed E-state index contributed by atoms with van der Waals surface area (Å²) in [7, 11) is 1.31. The van der Waals surface area contributed by atoms with Gasteiger partial charge >= 0.3 is 5.97 Å². The van der Waals surface area contributed by atoms with Crippen LogP contribution in [0.3, 0.4) is 0 Å². The summed E-state index contributed by atoms with van der Waals surface area (Å²) in [5, 5.41) is 2.69. The number of halogens is 1. The van der Waals surface area contributed by atoms with Gasteiger partial charge in [-0.25, -0.2) is 4.79 Å². The van der Waals surface area contributed by atoms with Crippen molar-refractivity contribution in [1.82, 2.24) is 0 Å². The lowest BCUT2D eigenvalue weighted by Crippen LogP contribution is -2.23. The van der Waals surface area contributed by atoms with Gasteiger partial charge < -0.3 is 10.1 Å². The van der Waals surface area contributed by atoms with Gasteiger partial charge in [-0.15, -0.1) is 0 Å². The predicted molar refractivity (Wildman–Crippen MR) is 69.4 cm³/mol. The third-order valence-electron chi connectivity index (χ3n) is 2.23. The summed E-state index contributed by atoms with van der Waals surface area (Å²) < 4.78 is 4.64. The number of carbonyl (C=O) groups excluding carboxylic acids is 2. The van der Waals surface area contributed by atoms with Gasteiger partial charge in [0.15, 0.2) is 0 Å². The number of benzene rings is 1. The van der Waals surface area contributed by atoms with Crippen LogP contribution in [0.1, 0.15) is 23.7 Å². The number of anilines is 1. The number of nitrogens with one attached hydrogen (secondary N) is 1. The number of alkyl halides is 1. The number of esters is 1. The van der Waals surface area contributed by atoms with Crippen LogP contribution < -0.4 is 5.32 Å². The first-order chi connectivity index (χ1) is 8.10. The molecule has 1 aromatic carbocycles. The minimum atomic E-state index is -0.469. The van der Waals surface area contributed by atoms with Gasteiger partial charge in [0.2, 0.25) is 5.91 Å². The molecule has 1 aromatic rings. The van der Waals surface area contributed by atoms with E-state index in [1.165, 1.54) is 7.11 Å². The molecular formula is C12H14BrNO3. The maximum atomic E-state index is 11.7. The summed E-state index contributed by atoms with van der Waals surface area (Å²) in [6.45, 7) is 1.89. The van der Waals surface area contributed by atoms with Crippen LogP contribution in [-0.4, -0.2) is 23.8 Å². The summed E-state index contributed by atoms with van der Waals surface area (Å²) >= 11 is 3.25. The van der Waals surface area contributed by atoms with E-state index < -0.39 is 5.97 Å². The monoisotopic (exact) mass is 299 g/mol. The number of ether oxygens (including phenoxy) is 1. The number of hydrogen-bond acceptors (Lipinski definition) is 3. The zero-order chi connectivity index (χ0) is 12.8. The molecule has 0 radical (unpaired) electrons.